The topological polar surface area (TPSA) is 39.1 Å². The second kappa shape index (κ2) is 10.1. The zero-order chi connectivity index (χ0) is 19.1. The molecule has 4 nitrogen and oxygen atoms in total. The highest BCUT2D eigenvalue weighted by Crippen LogP contribution is 2.27. The number of nitrogens with one attached hydrogen (secondary N) is 1. The van der Waals surface area contributed by atoms with Crippen molar-refractivity contribution in [1.82, 2.24) is 15.1 Å². The van der Waals surface area contributed by atoms with E-state index in [1.54, 1.807) is 0 Å². The van der Waals surface area contributed by atoms with Gasteiger partial charge in [0, 0.05) is 24.2 Å². The van der Waals surface area contributed by atoms with Crippen LogP contribution in [-0.2, 0) is 26.1 Å². The maximum atomic E-state index is 6.24. The summed E-state index contributed by atoms with van der Waals surface area (Å²) in [6.45, 7) is 7.48. The van der Waals surface area contributed by atoms with Crippen LogP contribution in [0.25, 0.3) is 0 Å². The zero-order valence-electron chi connectivity index (χ0n) is 16.6. The Kier molecular flexibility index (Phi) is 7.59. The average Bonchev–Trinajstić information content (AvgIpc) is 3.07. The molecule has 27 heavy (non-hydrogen) atoms. The van der Waals surface area contributed by atoms with Gasteiger partial charge in [-0.3, -0.25) is 0 Å². The Bertz CT molecular complexity index is 722. The van der Waals surface area contributed by atoms with Crippen molar-refractivity contribution in [1.29, 1.82) is 0 Å². The van der Waals surface area contributed by atoms with Crippen molar-refractivity contribution in [3.05, 3.63) is 46.1 Å². The molecule has 0 bridgehead atoms. The molecule has 148 valence electrons. The first-order valence-corrected chi connectivity index (χ1v) is 10.7. The third-order valence-electron chi connectivity index (χ3n) is 5.43. The lowest BCUT2D eigenvalue weighted by Gasteiger charge is -2.22. The van der Waals surface area contributed by atoms with E-state index in [1.807, 2.05) is 12.1 Å². The zero-order valence-corrected chi connectivity index (χ0v) is 17.4. The number of nitrogens with zero attached hydrogens (tertiary/aromatic N) is 2. The molecule has 0 radical (unpaired) electrons. The van der Waals surface area contributed by atoms with E-state index >= 15 is 0 Å². The Morgan fingerprint density at radius 3 is 2.70 bits per heavy atom. The minimum Gasteiger partial charge on any atom is -0.473 e. The van der Waals surface area contributed by atoms with E-state index in [1.165, 1.54) is 37.7 Å². The van der Waals surface area contributed by atoms with Crippen molar-refractivity contribution in [3.8, 4) is 5.88 Å². The molecular formula is C22H32ClN3O. The monoisotopic (exact) mass is 389 g/mol. The minimum absolute atomic E-state index is 0.529. The molecule has 1 aromatic carbocycles. The molecule has 1 aromatic heterocycles. The first-order chi connectivity index (χ1) is 13.2. The molecule has 0 saturated heterocycles. The van der Waals surface area contributed by atoms with Gasteiger partial charge in [-0.15, -0.1) is 0 Å². The molecular weight excluding hydrogens is 358 g/mol. The standard InChI is InChI=1S/C22H32ClN3O/c1-3-18-10-11-20(23)12-19(18)16-27-22-13-21(14-24-4-2)25-26(22)15-17-8-6-5-7-9-17/h10-13,17,24H,3-9,14-16H2,1-2H3. The Labute approximate surface area is 168 Å². The smallest absolute Gasteiger partial charge is 0.212 e. The average molecular weight is 390 g/mol. The number of benzene rings is 1. The largest absolute Gasteiger partial charge is 0.473 e. The Balaban J connectivity index is 1.73. The highest BCUT2D eigenvalue weighted by molar-refractivity contribution is 6.30. The fraction of sp³-hybridized carbons (Fsp3) is 0.591. The summed E-state index contributed by atoms with van der Waals surface area (Å²) in [5.74, 6) is 1.58. The summed E-state index contributed by atoms with van der Waals surface area (Å²) < 4.78 is 8.32. The SMILES string of the molecule is CCNCc1cc(OCc2cc(Cl)ccc2CC)n(CC2CCCCC2)n1. The summed E-state index contributed by atoms with van der Waals surface area (Å²) in [4.78, 5) is 0. The highest BCUT2D eigenvalue weighted by atomic mass is 35.5. The summed E-state index contributed by atoms with van der Waals surface area (Å²) in [5, 5.41) is 8.94. The summed E-state index contributed by atoms with van der Waals surface area (Å²) in [7, 11) is 0. The fourth-order valence-corrected chi connectivity index (χ4v) is 4.07. The Morgan fingerprint density at radius 1 is 1.15 bits per heavy atom. The molecule has 0 atom stereocenters. The van der Waals surface area contributed by atoms with Gasteiger partial charge in [0.05, 0.1) is 5.69 Å². The van der Waals surface area contributed by atoms with Crippen LogP contribution in [0.1, 0.15) is 62.8 Å². The Hall–Kier alpha value is -1.52. The first kappa shape index (κ1) is 20.2. The van der Waals surface area contributed by atoms with Crippen LogP contribution in [0.15, 0.2) is 24.3 Å². The number of ether oxygens (including phenoxy) is 1. The quantitative estimate of drug-likeness (QED) is 0.626. The van der Waals surface area contributed by atoms with Gasteiger partial charge < -0.3 is 10.1 Å². The second-order valence-electron chi connectivity index (χ2n) is 7.50. The van der Waals surface area contributed by atoms with Crippen LogP contribution in [-0.4, -0.2) is 16.3 Å². The third-order valence-corrected chi connectivity index (χ3v) is 5.67. The van der Waals surface area contributed by atoms with Crippen molar-refractivity contribution in [2.45, 2.75) is 72.1 Å². The summed E-state index contributed by atoms with van der Waals surface area (Å²) in [5.41, 5.74) is 3.48. The molecule has 0 spiro atoms. The van der Waals surface area contributed by atoms with E-state index in [2.05, 4.69) is 36.0 Å². The highest BCUT2D eigenvalue weighted by Gasteiger charge is 2.18. The molecule has 2 aromatic rings. The number of hydrogen-bond acceptors (Lipinski definition) is 3. The number of rotatable bonds is 9. The first-order valence-electron chi connectivity index (χ1n) is 10.4. The number of halogens is 1. The van der Waals surface area contributed by atoms with Crippen LogP contribution < -0.4 is 10.1 Å². The van der Waals surface area contributed by atoms with Crippen molar-refractivity contribution in [2.75, 3.05) is 6.54 Å². The third kappa shape index (κ3) is 5.73. The molecule has 0 unspecified atom stereocenters. The minimum atomic E-state index is 0.529. The summed E-state index contributed by atoms with van der Waals surface area (Å²) in [6, 6.07) is 8.14. The van der Waals surface area contributed by atoms with E-state index in [0.29, 0.717) is 12.5 Å². The molecule has 1 heterocycles. The number of hydrogen-bond donors (Lipinski definition) is 1. The van der Waals surface area contributed by atoms with Gasteiger partial charge in [0.1, 0.15) is 6.61 Å². The molecule has 1 aliphatic rings. The normalized spacial score (nSPS) is 15.2. The van der Waals surface area contributed by atoms with Gasteiger partial charge in [0.25, 0.3) is 0 Å². The van der Waals surface area contributed by atoms with E-state index < -0.39 is 0 Å². The number of aromatic nitrogens is 2. The fourth-order valence-electron chi connectivity index (χ4n) is 3.88. The van der Waals surface area contributed by atoms with Crippen molar-refractivity contribution < 1.29 is 4.74 Å². The van der Waals surface area contributed by atoms with Crippen LogP contribution in [0.5, 0.6) is 5.88 Å². The van der Waals surface area contributed by atoms with Gasteiger partial charge >= 0.3 is 0 Å². The molecule has 0 amide bonds. The molecule has 0 aliphatic heterocycles. The predicted octanol–water partition coefficient (Wildman–Crippen LogP) is 5.37. The second-order valence-corrected chi connectivity index (χ2v) is 7.93. The van der Waals surface area contributed by atoms with E-state index in [4.69, 9.17) is 21.4 Å². The summed E-state index contributed by atoms with van der Waals surface area (Å²) in [6.07, 6.45) is 7.64. The van der Waals surface area contributed by atoms with Crippen molar-refractivity contribution in [2.24, 2.45) is 5.92 Å². The molecule has 1 aliphatic carbocycles. The number of aryl methyl sites for hydroxylation is 1. The van der Waals surface area contributed by atoms with Gasteiger partial charge in [-0.25, -0.2) is 4.68 Å². The van der Waals surface area contributed by atoms with Crippen molar-refractivity contribution >= 4 is 11.6 Å². The molecule has 1 fully saturated rings. The van der Waals surface area contributed by atoms with Gasteiger partial charge in [0.2, 0.25) is 5.88 Å². The van der Waals surface area contributed by atoms with Crippen LogP contribution >= 0.6 is 11.6 Å². The summed E-state index contributed by atoms with van der Waals surface area (Å²) >= 11 is 6.20. The van der Waals surface area contributed by atoms with E-state index in [-0.39, 0.29) is 0 Å². The van der Waals surface area contributed by atoms with Crippen LogP contribution in [0, 0.1) is 5.92 Å². The predicted molar refractivity (Wildman–Crippen MR) is 111 cm³/mol. The lowest BCUT2D eigenvalue weighted by atomic mass is 9.89. The van der Waals surface area contributed by atoms with Gasteiger partial charge in [-0.05, 0) is 55.0 Å². The van der Waals surface area contributed by atoms with Crippen molar-refractivity contribution in [3.63, 3.8) is 0 Å². The van der Waals surface area contributed by atoms with Gasteiger partial charge in [-0.1, -0.05) is 50.8 Å². The molecule has 3 rings (SSSR count). The maximum absolute atomic E-state index is 6.24. The van der Waals surface area contributed by atoms with Crippen LogP contribution in [0.4, 0.5) is 0 Å². The van der Waals surface area contributed by atoms with Gasteiger partial charge in [0.15, 0.2) is 0 Å². The molecule has 1 saturated carbocycles. The van der Waals surface area contributed by atoms with E-state index in [0.717, 1.165) is 48.2 Å². The molecule has 5 heteroatoms. The maximum Gasteiger partial charge on any atom is 0.212 e. The van der Waals surface area contributed by atoms with Crippen LogP contribution in [0.3, 0.4) is 0 Å². The lowest BCUT2D eigenvalue weighted by molar-refractivity contribution is 0.244. The lowest BCUT2D eigenvalue weighted by Crippen LogP contribution is -2.17. The Morgan fingerprint density at radius 2 is 1.96 bits per heavy atom. The molecule has 1 N–H and O–H groups in total. The van der Waals surface area contributed by atoms with Crippen LogP contribution in [0.2, 0.25) is 5.02 Å². The van der Waals surface area contributed by atoms with Gasteiger partial charge in [-0.2, -0.15) is 5.10 Å². The van der Waals surface area contributed by atoms with E-state index in [9.17, 15) is 0 Å².